The van der Waals surface area contributed by atoms with Gasteiger partial charge in [0.1, 0.15) is 0 Å². The van der Waals surface area contributed by atoms with Crippen LogP contribution in [0, 0.1) is 5.41 Å². The van der Waals surface area contributed by atoms with Gasteiger partial charge in [0.05, 0.1) is 0 Å². The fraction of sp³-hybridized carbons (Fsp3) is 0.500. The van der Waals surface area contributed by atoms with Crippen LogP contribution < -0.4 is 0 Å². The molecule has 0 amide bonds. The van der Waals surface area contributed by atoms with Gasteiger partial charge in [0.2, 0.25) is 0 Å². The van der Waals surface area contributed by atoms with Crippen LogP contribution in [0.3, 0.4) is 0 Å². The second-order valence-corrected chi connectivity index (χ2v) is 6.53. The number of Topliss-reactive ketones (excluding diaryl/α,β-unsaturated/α-hetero) is 1. The van der Waals surface area contributed by atoms with Gasteiger partial charge >= 0.3 is 0 Å². The van der Waals surface area contributed by atoms with Gasteiger partial charge in [0.25, 0.3) is 0 Å². The van der Waals surface area contributed by atoms with Crippen LogP contribution in [-0.4, -0.2) is 23.8 Å². The largest absolute Gasteiger partial charge is 0.298 e. The molecule has 1 aromatic rings. The molecule has 3 rings (SSSR count). The summed E-state index contributed by atoms with van der Waals surface area (Å²) in [5, 5.41) is 0. The first-order valence-corrected chi connectivity index (χ1v) is 7.58. The van der Waals surface area contributed by atoms with Crippen molar-refractivity contribution in [1.29, 1.82) is 0 Å². The third kappa shape index (κ3) is 2.45. The number of carbonyl (C=O) groups excluding carboxylic acids is 1. The fourth-order valence-corrected chi connectivity index (χ4v) is 3.83. The van der Waals surface area contributed by atoms with Gasteiger partial charge in [-0.1, -0.05) is 42.8 Å². The zero-order chi connectivity index (χ0) is 14.2. The Bertz CT molecular complexity index is 546. The van der Waals surface area contributed by atoms with E-state index in [1.54, 1.807) is 0 Å². The van der Waals surface area contributed by atoms with Gasteiger partial charge in [-0.2, -0.15) is 0 Å². The molecule has 0 radical (unpaired) electrons. The predicted molar refractivity (Wildman–Crippen MR) is 81.4 cm³/mol. The average Bonchev–Trinajstić information content (AvgIpc) is 2.44. The van der Waals surface area contributed by atoms with Crippen LogP contribution in [0.25, 0.3) is 0 Å². The molecule has 1 fully saturated rings. The Morgan fingerprint density at radius 1 is 1.20 bits per heavy atom. The molecule has 0 unspecified atom stereocenters. The highest BCUT2D eigenvalue weighted by Crippen LogP contribution is 2.44. The van der Waals surface area contributed by atoms with Crippen molar-refractivity contribution >= 4 is 5.78 Å². The Morgan fingerprint density at radius 3 is 2.70 bits per heavy atom. The molecule has 1 aliphatic heterocycles. The van der Waals surface area contributed by atoms with Crippen molar-refractivity contribution in [2.45, 2.75) is 39.7 Å². The van der Waals surface area contributed by atoms with Gasteiger partial charge in [-0.15, -0.1) is 0 Å². The summed E-state index contributed by atoms with van der Waals surface area (Å²) in [7, 11) is 0. The van der Waals surface area contributed by atoms with Crippen LogP contribution in [0.4, 0.5) is 0 Å². The molecule has 1 aliphatic carbocycles. The van der Waals surface area contributed by atoms with E-state index >= 15 is 0 Å². The number of allylic oxidation sites excluding steroid dienone is 1. The first-order valence-electron chi connectivity index (χ1n) is 7.58. The highest BCUT2D eigenvalue weighted by molar-refractivity contribution is 5.96. The van der Waals surface area contributed by atoms with Crippen molar-refractivity contribution in [2.24, 2.45) is 5.41 Å². The lowest BCUT2D eigenvalue weighted by Crippen LogP contribution is -2.45. The van der Waals surface area contributed by atoms with Crippen LogP contribution in [0.1, 0.15) is 38.7 Å². The molecule has 1 aromatic carbocycles. The van der Waals surface area contributed by atoms with Gasteiger partial charge in [-0.05, 0) is 30.9 Å². The van der Waals surface area contributed by atoms with Crippen molar-refractivity contribution in [3.05, 3.63) is 47.0 Å². The molecule has 1 saturated heterocycles. The van der Waals surface area contributed by atoms with Gasteiger partial charge in [-0.3, -0.25) is 9.69 Å². The molecule has 106 valence electrons. The van der Waals surface area contributed by atoms with Crippen molar-refractivity contribution in [3.63, 3.8) is 0 Å². The van der Waals surface area contributed by atoms with E-state index in [4.69, 9.17) is 0 Å². The maximum Gasteiger partial charge on any atom is 0.158 e. The predicted octanol–water partition coefficient (Wildman–Crippen LogP) is 3.58. The van der Waals surface area contributed by atoms with Crippen LogP contribution in [0.2, 0.25) is 0 Å². The molecular weight excluding hydrogens is 246 g/mol. The van der Waals surface area contributed by atoms with E-state index < -0.39 is 0 Å². The Labute approximate surface area is 121 Å². The van der Waals surface area contributed by atoms with Gasteiger partial charge in [-0.25, -0.2) is 0 Å². The monoisotopic (exact) mass is 269 g/mol. The molecule has 0 aromatic heterocycles. The van der Waals surface area contributed by atoms with E-state index in [1.165, 1.54) is 11.1 Å². The highest BCUT2D eigenvalue weighted by atomic mass is 16.1. The number of nitrogens with zero attached hydrogens (tertiary/aromatic N) is 1. The number of fused-ring (bicyclic) bond motifs is 1. The number of hydrogen-bond acceptors (Lipinski definition) is 2. The van der Waals surface area contributed by atoms with Crippen LogP contribution in [0.5, 0.6) is 0 Å². The molecular formula is C18H23NO. The molecule has 1 atom stereocenters. The van der Waals surface area contributed by atoms with Crippen LogP contribution in [-0.2, 0) is 11.3 Å². The summed E-state index contributed by atoms with van der Waals surface area (Å²) in [6.45, 7) is 7.56. The second kappa shape index (κ2) is 5.17. The first-order chi connectivity index (χ1) is 9.58. The topological polar surface area (TPSA) is 20.3 Å². The average molecular weight is 269 g/mol. The van der Waals surface area contributed by atoms with Gasteiger partial charge < -0.3 is 0 Å². The molecule has 2 nitrogen and oxygen atoms in total. The highest BCUT2D eigenvalue weighted by Gasteiger charge is 2.40. The number of piperidine rings is 1. The third-order valence-corrected chi connectivity index (χ3v) is 5.00. The van der Waals surface area contributed by atoms with Crippen molar-refractivity contribution in [2.75, 3.05) is 13.1 Å². The Kier molecular flexibility index (Phi) is 3.51. The molecule has 2 aliphatic rings. The molecule has 0 spiro atoms. The minimum Gasteiger partial charge on any atom is -0.298 e. The summed E-state index contributed by atoms with van der Waals surface area (Å²) in [5.41, 5.74) is 4.08. The van der Waals surface area contributed by atoms with E-state index in [0.717, 1.165) is 44.5 Å². The molecule has 0 bridgehead atoms. The number of benzene rings is 1. The minimum absolute atomic E-state index is 0.213. The number of carbonyl (C=O) groups is 1. The quantitative estimate of drug-likeness (QED) is 0.818. The zero-order valence-corrected chi connectivity index (χ0v) is 12.5. The second-order valence-electron chi connectivity index (χ2n) is 6.53. The Balaban J connectivity index is 1.77. The van der Waals surface area contributed by atoms with Gasteiger partial charge in [0.15, 0.2) is 5.78 Å². The molecule has 2 heteroatoms. The van der Waals surface area contributed by atoms with E-state index in [9.17, 15) is 4.79 Å². The molecule has 20 heavy (non-hydrogen) atoms. The lowest BCUT2D eigenvalue weighted by Gasteiger charge is -2.45. The SMILES string of the molecule is CC1=C2CCN(Cc3ccccc3)C[C@]2(C)CCC1=O. The smallest absolute Gasteiger partial charge is 0.158 e. The lowest BCUT2D eigenvalue weighted by atomic mass is 9.67. The van der Waals surface area contributed by atoms with E-state index in [-0.39, 0.29) is 5.41 Å². The number of rotatable bonds is 2. The normalized spacial score (nSPS) is 27.6. The summed E-state index contributed by atoms with van der Waals surface area (Å²) in [4.78, 5) is 14.4. The molecule has 0 saturated carbocycles. The fourth-order valence-electron chi connectivity index (χ4n) is 3.83. The van der Waals surface area contributed by atoms with Gasteiger partial charge in [0, 0.05) is 31.5 Å². The number of likely N-dealkylation sites (tertiary alicyclic amines) is 1. The number of ketones is 1. The summed E-state index contributed by atoms with van der Waals surface area (Å²) < 4.78 is 0. The van der Waals surface area contributed by atoms with Crippen molar-refractivity contribution in [1.82, 2.24) is 4.90 Å². The Morgan fingerprint density at radius 2 is 1.95 bits per heavy atom. The summed E-state index contributed by atoms with van der Waals surface area (Å²) in [5.74, 6) is 0.369. The maximum atomic E-state index is 11.9. The molecule has 1 heterocycles. The first kappa shape index (κ1) is 13.6. The lowest BCUT2D eigenvalue weighted by molar-refractivity contribution is -0.117. The van der Waals surface area contributed by atoms with Crippen LogP contribution in [0.15, 0.2) is 41.5 Å². The molecule has 0 N–H and O–H groups in total. The minimum atomic E-state index is 0.213. The van der Waals surface area contributed by atoms with E-state index in [1.807, 2.05) is 6.92 Å². The third-order valence-electron chi connectivity index (χ3n) is 5.00. The Hall–Kier alpha value is -1.41. The van der Waals surface area contributed by atoms with Crippen molar-refractivity contribution < 1.29 is 4.79 Å². The standard InChI is InChI=1S/C18H23NO/c1-14-16-9-11-19(12-15-6-4-3-5-7-15)13-18(16,2)10-8-17(14)20/h3-7H,8-13H2,1-2H3/t18-/m0/s1. The van der Waals surface area contributed by atoms with E-state index in [0.29, 0.717) is 5.78 Å². The maximum absolute atomic E-state index is 11.9. The summed E-state index contributed by atoms with van der Waals surface area (Å²) >= 11 is 0. The zero-order valence-electron chi connectivity index (χ0n) is 12.5. The summed E-state index contributed by atoms with van der Waals surface area (Å²) in [6.07, 6.45) is 2.80. The van der Waals surface area contributed by atoms with E-state index in [2.05, 4.69) is 42.2 Å². The number of hydrogen-bond donors (Lipinski definition) is 0. The summed E-state index contributed by atoms with van der Waals surface area (Å²) in [6, 6.07) is 10.7. The van der Waals surface area contributed by atoms with Crippen molar-refractivity contribution in [3.8, 4) is 0 Å². The van der Waals surface area contributed by atoms with Crippen LogP contribution >= 0.6 is 0 Å².